The van der Waals surface area contributed by atoms with E-state index in [2.05, 4.69) is 5.32 Å². The first-order valence-corrected chi connectivity index (χ1v) is 6.21. The van der Waals surface area contributed by atoms with Crippen LogP contribution in [-0.2, 0) is 12.7 Å². The average Bonchev–Trinajstić information content (AvgIpc) is 2.40. The molecule has 0 aromatic heterocycles. The summed E-state index contributed by atoms with van der Waals surface area (Å²) in [5, 5.41) is 2.78. The quantitative estimate of drug-likeness (QED) is 0.872. The van der Waals surface area contributed by atoms with E-state index in [1.54, 1.807) is 24.3 Å². The first kappa shape index (κ1) is 14.7. The van der Waals surface area contributed by atoms with Gasteiger partial charge in [0, 0.05) is 17.3 Å². The van der Waals surface area contributed by atoms with Gasteiger partial charge in [-0.3, -0.25) is 0 Å². The van der Waals surface area contributed by atoms with Crippen molar-refractivity contribution in [3.63, 3.8) is 0 Å². The molecular weight excluding hydrogens is 289 g/mol. The van der Waals surface area contributed by atoms with Gasteiger partial charge in [-0.15, -0.1) is 0 Å². The van der Waals surface area contributed by atoms with Gasteiger partial charge >= 0.3 is 6.18 Å². The monoisotopic (exact) mass is 300 g/mol. The van der Waals surface area contributed by atoms with Crippen molar-refractivity contribution in [2.24, 2.45) is 5.73 Å². The minimum absolute atomic E-state index is 0.0394. The van der Waals surface area contributed by atoms with Gasteiger partial charge in [0.05, 0.1) is 11.3 Å². The zero-order valence-corrected chi connectivity index (χ0v) is 11.1. The van der Waals surface area contributed by atoms with E-state index in [-0.39, 0.29) is 10.7 Å². The summed E-state index contributed by atoms with van der Waals surface area (Å²) in [5.74, 6) is 0. The molecule has 0 atom stereocenters. The Hall–Kier alpha value is -1.72. The molecule has 0 fully saturated rings. The Morgan fingerprint density at radius 1 is 1.05 bits per heavy atom. The smallest absolute Gasteiger partial charge is 0.355 e. The van der Waals surface area contributed by atoms with E-state index in [1.807, 2.05) is 0 Å². The number of anilines is 2. The molecule has 0 aliphatic rings. The van der Waals surface area contributed by atoms with Crippen LogP contribution < -0.4 is 11.1 Å². The second-order valence-electron chi connectivity index (χ2n) is 4.21. The highest BCUT2D eigenvalue weighted by atomic mass is 35.5. The maximum Gasteiger partial charge on any atom is 0.418 e. The maximum atomic E-state index is 12.9. The molecule has 2 aromatic rings. The molecular formula is C14H12ClF3N2. The second-order valence-corrected chi connectivity index (χ2v) is 4.65. The minimum atomic E-state index is -4.47. The highest BCUT2D eigenvalue weighted by molar-refractivity contribution is 6.30. The van der Waals surface area contributed by atoms with Crippen molar-refractivity contribution in [3.05, 3.63) is 58.6 Å². The highest BCUT2D eigenvalue weighted by Gasteiger charge is 2.33. The molecule has 0 spiro atoms. The predicted octanol–water partition coefficient (Wildman–Crippen LogP) is 4.56. The van der Waals surface area contributed by atoms with Crippen LogP contribution in [-0.4, -0.2) is 0 Å². The molecule has 0 unspecified atom stereocenters. The van der Waals surface area contributed by atoms with Crippen LogP contribution in [0.4, 0.5) is 24.5 Å². The van der Waals surface area contributed by atoms with Gasteiger partial charge in [0.2, 0.25) is 0 Å². The topological polar surface area (TPSA) is 38.0 Å². The molecule has 0 saturated heterocycles. The Morgan fingerprint density at radius 2 is 1.70 bits per heavy atom. The number of nitrogens with one attached hydrogen (secondary N) is 1. The molecule has 2 aromatic carbocycles. The highest BCUT2D eigenvalue weighted by Crippen LogP contribution is 2.37. The van der Waals surface area contributed by atoms with Crippen LogP contribution in [0, 0.1) is 0 Å². The number of hydrogen-bond donors (Lipinski definition) is 2. The summed E-state index contributed by atoms with van der Waals surface area (Å²) in [4.78, 5) is 0. The number of nitrogens with two attached hydrogens (primary N) is 1. The zero-order valence-electron chi connectivity index (χ0n) is 10.3. The van der Waals surface area contributed by atoms with Gasteiger partial charge in [-0.05, 0) is 35.9 Å². The third-order valence-corrected chi connectivity index (χ3v) is 2.99. The molecule has 0 amide bonds. The number of alkyl halides is 3. The fourth-order valence-electron chi connectivity index (χ4n) is 1.74. The lowest BCUT2D eigenvalue weighted by molar-refractivity contribution is -0.136. The number of rotatable bonds is 3. The van der Waals surface area contributed by atoms with Crippen LogP contribution in [0.3, 0.4) is 0 Å². The van der Waals surface area contributed by atoms with E-state index in [0.717, 1.165) is 11.6 Å². The van der Waals surface area contributed by atoms with Crippen molar-refractivity contribution in [2.75, 3.05) is 5.32 Å². The maximum absolute atomic E-state index is 12.9. The van der Waals surface area contributed by atoms with Gasteiger partial charge in [-0.25, -0.2) is 0 Å². The molecule has 0 heterocycles. The Bertz CT molecular complexity index is 594. The van der Waals surface area contributed by atoms with Crippen LogP contribution in [0.2, 0.25) is 5.02 Å². The summed E-state index contributed by atoms with van der Waals surface area (Å²) >= 11 is 5.62. The van der Waals surface area contributed by atoms with E-state index < -0.39 is 11.7 Å². The number of hydrogen-bond acceptors (Lipinski definition) is 2. The third-order valence-electron chi connectivity index (χ3n) is 2.76. The summed E-state index contributed by atoms with van der Waals surface area (Å²) in [5.41, 5.74) is 6.09. The summed E-state index contributed by atoms with van der Waals surface area (Å²) in [6, 6.07) is 10.5. The minimum Gasteiger partial charge on any atom is -0.355 e. The molecule has 0 bridgehead atoms. The standard InChI is InChI=1S/C14H12ClF3N2/c15-10-3-6-13(12(7-10)14(16,17)18)20-11-4-1-9(8-19)2-5-11/h1-7,20H,8,19H2. The fraction of sp³-hybridized carbons (Fsp3) is 0.143. The zero-order chi connectivity index (χ0) is 14.8. The molecule has 20 heavy (non-hydrogen) atoms. The molecule has 3 N–H and O–H groups in total. The first-order chi connectivity index (χ1) is 9.40. The molecule has 106 valence electrons. The van der Waals surface area contributed by atoms with Crippen molar-refractivity contribution in [1.82, 2.24) is 0 Å². The fourth-order valence-corrected chi connectivity index (χ4v) is 1.91. The van der Waals surface area contributed by atoms with Crippen LogP contribution in [0.15, 0.2) is 42.5 Å². The number of halogens is 4. The normalized spacial score (nSPS) is 11.4. The van der Waals surface area contributed by atoms with E-state index >= 15 is 0 Å². The first-order valence-electron chi connectivity index (χ1n) is 5.83. The average molecular weight is 301 g/mol. The van der Waals surface area contributed by atoms with Gasteiger partial charge in [-0.2, -0.15) is 13.2 Å². The van der Waals surface area contributed by atoms with Crippen LogP contribution >= 0.6 is 11.6 Å². The Labute approximate surface area is 119 Å². The molecule has 0 aliphatic heterocycles. The molecule has 2 nitrogen and oxygen atoms in total. The molecule has 6 heteroatoms. The number of benzene rings is 2. The largest absolute Gasteiger partial charge is 0.418 e. The lowest BCUT2D eigenvalue weighted by Crippen LogP contribution is -2.08. The summed E-state index contributed by atoms with van der Waals surface area (Å²) in [6.45, 7) is 0.384. The summed E-state index contributed by atoms with van der Waals surface area (Å²) in [6.07, 6.45) is -4.47. The summed E-state index contributed by atoms with van der Waals surface area (Å²) < 4.78 is 38.8. The van der Waals surface area contributed by atoms with Gasteiger partial charge < -0.3 is 11.1 Å². The van der Waals surface area contributed by atoms with Crippen molar-refractivity contribution in [1.29, 1.82) is 0 Å². The van der Waals surface area contributed by atoms with Crippen molar-refractivity contribution in [3.8, 4) is 0 Å². The van der Waals surface area contributed by atoms with Crippen LogP contribution in [0.5, 0.6) is 0 Å². The van der Waals surface area contributed by atoms with Gasteiger partial charge in [-0.1, -0.05) is 23.7 Å². The Balaban J connectivity index is 2.32. The summed E-state index contributed by atoms with van der Waals surface area (Å²) in [7, 11) is 0. The molecule has 0 aliphatic carbocycles. The van der Waals surface area contributed by atoms with Crippen molar-refractivity contribution >= 4 is 23.0 Å². The molecule has 0 saturated carbocycles. The van der Waals surface area contributed by atoms with E-state index in [9.17, 15) is 13.2 Å². The Kier molecular flexibility index (Phi) is 4.20. The van der Waals surface area contributed by atoms with Crippen molar-refractivity contribution in [2.45, 2.75) is 12.7 Å². The Morgan fingerprint density at radius 3 is 2.25 bits per heavy atom. The lowest BCUT2D eigenvalue weighted by atomic mass is 10.1. The predicted molar refractivity (Wildman–Crippen MR) is 74.1 cm³/mol. The van der Waals surface area contributed by atoms with Crippen LogP contribution in [0.1, 0.15) is 11.1 Å². The van der Waals surface area contributed by atoms with E-state index in [4.69, 9.17) is 17.3 Å². The second kappa shape index (κ2) is 5.73. The van der Waals surface area contributed by atoms with Crippen LogP contribution in [0.25, 0.3) is 0 Å². The van der Waals surface area contributed by atoms with Gasteiger partial charge in [0.1, 0.15) is 0 Å². The van der Waals surface area contributed by atoms with Gasteiger partial charge in [0.25, 0.3) is 0 Å². The molecule has 2 rings (SSSR count). The SMILES string of the molecule is NCc1ccc(Nc2ccc(Cl)cc2C(F)(F)F)cc1. The lowest BCUT2D eigenvalue weighted by Gasteiger charge is -2.15. The van der Waals surface area contributed by atoms with E-state index in [1.165, 1.54) is 12.1 Å². The van der Waals surface area contributed by atoms with Crippen molar-refractivity contribution < 1.29 is 13.2 Å². The molecule has 0 radical (unpaired) electrons. The van der Waals surface area contributed by atoms with E-state index in [0.29, 0.717) is 12.2 Å². The van der Waals surface area contributed by atoms with Gasteiger partial charge in [0.15, 0.2) is 0 Å². The third kappa shape index (κ3) is 3.43.